The van der Waals surface area contributed by atoms with Gasteiger partial charge in [-0.05, 0) is 31.2 Å². The Kier molecular flexibility index (Phi) is 4.02. The van der Waals surface area contributed by atoms with Crippen LogP contribution in [0.2, 0.25) is 0 Å². The van der Waals surface area contributed by atoms with Crippen LogP contribution in [-0.4, -0.2) is 26.3 Å². The first-order valence-electron chi connectivity index (χ1n) is 5.20. The van der Waals surface area contributed by atoms with Gasteiger partial charge in [0.25, 0.3) is 0 Å². The van der Waals surface area contributed by atoms with Gasteiger partial charge in [0.2, 0.25) is 0 Å². The van der Waals surface area contributed by atoms with Crippen molar-refractivity contribution in [2.45, 2.75) is 33.1 Å². The smallest absolute Gasteiger partial charge is 0.0471 e. The van der Waals surface area contributed by atoms with Crippen LogP contribution in [0.5, 0.6) is 0 Å². The lowest BCUT2D eigenvalue weighted by Gasteiger charge is -2.32. The van der Waals surface area contributed by atoms with Gasteiger partial charge in [0.05, 0.1) is 0 Å². The topological polar surface area (TPSA) is 21.3 Å². The minimum Gasteiger partial charge on any atom is -0.381 e. The van der Waals surface area contributed by atoms with Crippen molar-refractivity contribution in [3.8, 4) is 0 Å². The fourth-order valence-corrected chi connectivity index (χ4v) is 2.03. The zero-order valence-corrected chi connectivity index (χ0v) is 8.36. The number of nitrogens with one attached hydrogen (secondary N) is 1. The molecule has 74 valence electrons. The molecule has 0 unspecified atom stereocenters. The molecule has 0 aromatic carbocycles. The second kappa shape index (κ2) is 4.83. The number of hydrogen-bond acceptors (Lipinski definition) is 2. The van der Waals surface area contributed by atoms with Crippen molar-refractivity contribution in [2.75, 3.05) is 26.3 Å². The van der Waals surface area contributed by atoms with E-state index < -0.39 is 0 Å². The molecule has 2 heteroatoms. The molecule has 0 aliphatic carbocycles. The summed E-state index contributed by atoms with van der Waals surface area (Å²) in [4.78, 5) is 0. The maximum absolute atomic E-state index is 5.33. The summed E-state index contributed by atoms with van der Waals surface area (Å²) < 4.78 is 5.33. The Labute approximate surface area is 77.2 Å². The fraction of sp³-hybridized carbons (Fsp3) is 1.00. The van der Waals surface area contributed by atoms with Crippen molar-refractivity contribution in [1.82, 2.24) is 5.32 Å². The van der Waals surface area contributed by atoms with Gasteiger partial charge in [0, 0.05) is 21.2 Å². The zero-order chi connectivity index (χ0) is 8.86. The molecule has 2 aliphatic rings. The molecule has 1 spiro atoms. The Hall–Kier alpha value is -0.0800. The Morgan fingerprint density at radius 3 is 2.33 bits per heavy atom. The molecular formula is C10H23NO. The molecule has 0 aromatic rings. The summed E-state index contributed by atoms with van der Waals surface area (Å²) in [5, 5.41) is 3.43. The van der Waals surface area contributed by atoms with E-state index in [0.717, 1.165) is 13.2 Å². The van der Waals surface area contributed by atoms with Gasteiger partial charge in [0.1, 0.15) is 0 Å². The van der Waals surface area contributed by atoms with E-state index in [-0.39, 0.29) is 1.43 Å². The van der Waals surface area contributed by atoms with Crippen LogP contribution in [-0.2, 0) is 4.74 Å². The standard InChI is InChI=1S/C8H15NO.C2H6.H2/c1-4-9-7-8(1)2-5-10-6-3-8;1-2;/h9H,1-7H2;1-2H3;1H. The van der Waals surface area contributed by atoms with E-state index in [1.54, 1.807) is 0 Å². The monoisotopic (exact) mass is 173 g/mol. The van der Waals surface area contributed by atoms with Crippen LogP contribution in [0.1, 0.15) is 34.5 Å². The summed E-state index contributed by atoms with van der Waals surface area (Å²) in [6.45, 7) is 8.43. The van der Waals surface area contributed by atoms with Crippen molar-refractivity contribution in [3.05, 3.63) is 0 Å². The van der Waals surface area contributed by atoms with Crippen LogP contribution in [0.4, 0.5) is 0 Å². The molecule has 2 heterocycles. The van der Waals surface area contributed by atoms with Gasteiger partial charge in [0.15, 0.2) is 0 Å². The average Bonchev–Trinajstić information content (AvgIpc) is 2.58. The van der Waals surface area contributed by atoms with E-state index in [0.29, 0.717) is 5.41 Å². The summed E-state index contributed by atoms with van der Waals surface area (Å²) in [6, 6.07) is 0. The predicted molar refractivity (Wildman–Crippen MR) is 53.4 cm³/mol. The molecule has 2 fully saturated rings. The molecule has 0 atom stereocenters. The van der Waals surface area contributed by atoms with Crippen molar-refractivity contribution in [2.24, 2.45) is 5.41 Å². The van der Waals surface area contributed by atoms with Gasteiger partial charge < -0.3 is 10.1 Å². The van der Waals surface area contributed by atoms with E-state index in [1.807, 2.05) is 13.8 Å². The van der Waals surface area contributed by atoms with E-state index >= 15 is 0 Å². The lowest BCUT2D eigenvalue weighted by atomic mass is 9.80. The predicted octanol–water partition coefficient (Wildman–Crippen LogP) is 2.05. The maximum Gasteiger partial charge on any atom is 0.0471 e. The molecular weight excluding hydrogens is 150 g/mol. The van der Waals surface area contributed by atoms with Crippen LogP contribution in [0.3, 0.4) is 0 Å². The van der Waals surface area contributed by atoms with Crippen LogP contribution in [0.15, 0.2) is 0 Å². The summed E-state index contributed by atoms with van der Waals surface area (Å²) in [5.41, 5.74) is 0.637. The van der Waals surface area contributed by atoms with Crippen molar-refractivity contribution < 1.29 is 6.16 Å². The third-order valence-electron chi connectivity index (χ3n) is 2.89. The van der Waals surface area contributed by atoms with Gasteiger partial charge in [-0.1, -0.05) is 13.8 Å². The Morgan fingerprint density at radius 2 is 1.83 bits per heavy atom. The summed E-state index contributed by atoms with van der Waals surface area (Å²) >= 11 is 0. The lowest BCUT2D eigenvalue weighted by molar-refractivity contribution is 0.0246. The quantitative estimate of drug-likeness (QED) is 0.605. The second-order valence-corrected chi connectivity index (χ2v) is 3.54. The van der Waals surface area contributed by atoms with Crippen LogP contribution in [0, 0.1) is 5.41 Å². The first-order chi connectivity index (χ1) is 5.91. The highest BCUT2D eigenvalue weighted by atomic mass is 16.5. The fourth-order valence-electron chi connectivity index (χ4n) is 2.03. The molecule has 1 N–H and O–H groups in total. The highest BCUT2D eigenvalue weighted by molar-refractivity contribution is 4.89. The van der Waals surface area contributed by atoms with Crippen molar-refractivity contribution in [3.63, 3.8) is 0 Å². The minimum atomic E-state index is 0. The van der Waals surface area contributed by atoms with E-state index in [9.17, 15) is 0 Å². The summed E-state index contributed by atoms with van der Waals surface area (Å²) in [7, 11) is 0. The van der Waals surface area contributed by atoms with E-state index in [2.05, 4.69) is 5.32 Å². The summed E-state index contributed by atoms with van der Waals surface area (Å²) in [5.74, 6) is 0. The molecule has 2 rings (SSSR count). The Morgan fingerprint density at radius 1 is 1.17 bits per heavy atom. The molecule has 0 bridgehead atoms. The first-order valence-corrected chi connectivity index (χ1v) is 5.20. The Balaban J connectivity index is 0.000000451. The first kappa shape index (κ1) is 10.0. The van der Waals surface area contributed by atoms with Crippen molar-refractivity contribution >= 4 is 0 Å². The van der Waals surface area contributed by atoms with Gasteiger partial charge >= 0.3 is 0 Å². The summed E-state index contributed by atoms with van der Waals surface area (Å²) in [6.07, 6.45) is 3.93. The maximum atomic E-state index is 5.33. The van der Waals surface area contributed by atoms with Crippen LogP contribution < -0.4 is 5.32 Å². The van der Waals surface area contributed by atoms with Gasteiger partial charge in [-0.25, -0.2) is 0 Å². The molecule has 12 heavy (non-hydrogen) atoms. The number of rotatable bonds is 0. The van der Waals surface area contributed by atoms with Crippen molar-refractivity contribution in [1.29, 1.82) is 0 Å². The molecule has 2 aliphatic heterocycles. The molecule has 0 aromatic heterocycles. The highest BCUT2D eigenvalue weighted by Crippen LogP contribution is 2.35. The molecule has 2 saturated heterocycles. The van der Waals surface area contributed by atoms with E-state index in [1.165, 1.54) is 32.4 Å². The second-order valence-electron chi connectivity index (χ2n) is 3.54. The zero-order valence-electron chi connectivity index (χ0n) is 8.36. The third-order valence-corrected chi connectivity index (χ3v) is 2.89. The molecule has 2 nitrogen and oxygen atoms in total. The third kappa shape index (κ3) is 2.20. The SMILES string of the molecule is C1CC2(CCOCC2)CN1.CC.[HH]. The highest BCUT2D eigenvalue weighted by Gasteiger charge is 2.34. The van der Waals surface area contributed by atoms with E-state index in [4.69, 9.17) is 4.74 Å². The van der Waals surface area contributed by atoms with Crippen LogP contribution in [0.25, 0.3) is 0 Å². The molecule has 0 radical (unpaired) electrons. The minimum absolute atomic E-state index is 0. The lowest BCUT2D eigenvalue weighted by Crippen LogP contribution is -2.31. The van der Waals surface area contributed by atoms with Gasteiger partial charge in [-0.15, -0.1) is 0 Å². The number of ether oxygens (including phenoxy) is 1. The normalized spacial score (nSPS) is 26.5. The molecule has 0 saturated carbocycles. The number of hydrogen-bond donors (Lipinski definition) is 1. The average molecular weight is 173 g/mol. The van der Waals surface area contributed by atoms with Gasteiger partial charge in [-0.3, -0.25) is 0 Å². The Bertz CT molecular complexity index is 116. The van der Waals surface area contributed by atoms with Gasteiger partial charge in [-0.2, -0.15) is 0 Å². The molecule has 0 amide bonds. The van der Waals surface area contributed by atoms with Crippen LogP contribution >= 0.6 is 0 Å². The largest absolute Gasteiger partial charge is 0.381 e.